The van der Waals surface area contributed by atoms with Crippen molar-refractivity contribution in [1.29, 1.82) is 0 Å². The van der Waals surface area contributed by atoms with Crippen LogP contribution in [0.25, 0.3) is 0 Å². The van der Waals surface area contributed by atoms with Crippen molar-refractivity contribution in [2.75, 3.05) is 11.4 Å². The van der Waals surface area contributed by atoms with Gasteiger partial charge in [0.05, 0.1) is 5.69 Å². The number of carbonyl (C=O) groups is 1. The van der Waals surface area contributed by atoms with Crippen molar-refractivity contribution < 1.29 is 4.79 Å². The van der Waals surface area contributed by atoms with E-state index >= 15 is 0 Å². The highest BCUT2D eigenvalue weighted by molar-refractivity contribution is 5.97. The Bertz CT molecular complexity index is 440. The molecule has 1 aromatic carbocycles. The molecule has 0 spiro atoms. The molecule has 1 aliphatic rings. The van der Waals surface area contributed by atoms with Gasteiger partial charge in [0.15, 0.2) is 0 Å². The fourth-order valence-corrected chi connectivity index (χ4v) is 2.47. The number of nitrogens with two attached hydrogens (primary N) is 1. The topological polar surface area (TPSA) is 46.3 Å². The van der Waals surface area contributed by atoms with Gasteiger partial charge in [-0.25, -0.2) is 0 Å². The minimum atomic E-state index is -0.0258. The summed E-state index contributed by atoms with van der Waals surface area (Å²) in [6.07, 6.45) is 0.464. The highest BCUT2D eigenvalue weighted by atomic mass is 16.2. The molecule has 17 heavy (non-hydrogen) atoms. The predicted molar refractivity (Wildman–Crippen MR) is 70.2 cm³/mol. The van der Waals surface area contributed by atoms with Gasteiger partial charge < -0.3 is 10.6 Å². The van der Waals surface area contributed by atoms with Gasteiger partial charge in [-0.3, -0.25) is 4.79 Å². The Hall–Kier alpha value is -1.35. The number of rotatable bonds is 2. The van der Waals surface area contributed by atoms with Crippen molar-refractivity contribution in [1.82, 2.24) is 0 Å². The normalized spacial score (nSPS) is 20.4. The number of carbonyl (C=O) groups excluding carboxylic acids is 1. The molecule has 1 aromatic rings. The molecule has 2 rings (SSSR count). The van der Waals surface area contributed by atoms with Crippen molar-refractivity contribution in [3.05, 3.63) is 29.3 Å². The second-order valence-corrected chi connectivity index (χ2v) is 5.14. The Morgan fingerprint density at radius 3 is 2.65 bits per heavy atom. The van der Waals surface area contributed by atoms with Crippen LogP contribution in [0.15, 0.2) is 18.2 Å². The average molecular weight is 232 g/mol. The summed E-state index contributed by atoms with van der Waals surface area (Å²) in [5.74, 6) is 0.559. The molecule has 1 unspecified atom stereocenters. The number of nitrogens with zero attached hydrogens (tertiary/aromatic N) is 1. The molecule has 1 amide bonds. The zero-order valence-electron chi connectivity index (χ0n) is 10.7. The number of anilines is 1. The Balaban J connectivity index is 2.47. The fourth-order valence-electron chi connectivity index (χ4n) is 2.47. The first-order valence-electron chi connectivity index (χ1n) is 6.16. The first kappa shape index (κ1) is 12.1. The van der Waals surface area contributed by atoms with Crippen LogP contribution >= 0.6 is 0 Å². The lowest BCUT2D eigenvalue weighted by atomic mass is 9.97. The first-order valence-corrected chi connectivity index (χ1v) is 6.16. The van der Waals surface area contributed by atoms with Crippen LogP contribution in [0.5, 0.6) is 0 Å². The summed E-state index contributed by atoms with van der Waals surface area (Å²) in [6.45, 7) is 7.00. The van der Waals surface area contributed by atoms with Gasteiger partial charge in [-0.2, -0.15) is 0 Å². The van der Waals surface area contributed by atoms with Crippen LogP contribution in [0, 0.1) is 6.92 Å². The smallest absolute Gasteiger partial charge is 0.228 e. The summed E-state index contributed by atoms with van der Waals surface area (Å²) in [6, 6.07) is 6.18. The molecule has 1 aliphatic heterocycles. The highest BCUT2D eigenvalue weighted by Gasteiger charge is 2.30. The van der Waals surface area contributed by atoms with Gasteiger partial charge in [0.25, 0.3) is 0 Å². The number of hydrogen-bond donors (Lipinski definition) is 1. The summed E-state index contributed by atoms with van der Waals surface area (Å²) in [5, 5.41) is 0. The standard InChI is InChI=1S/C14H20N2O/c1-9(2)12-6-4-5-10(3)14(12)16-8-11(15)7-13(16)17/h4-6,9,11H,7-8,15H2,1-3H3. The summed E-state index contributed by atoms with van der Waals surface area (Å²) >= 11 is 0. The minimum absolute atomic E-state index is 0.0258. The minimum Gasteiger partial charge on any atom is -0.326 e. The van der Waals surface area contributed by atoms with Crippen molar-refractivity contribution in [3.63, 3.8) is 0 Å². The molecule has 1 saturated heterocycles. The van der Waals surface area contributed by atoms with Crippen LogP contribution in [0.4, 0.5) is 5.69 Å². The van der Waals surface area contributed by atoms with E-state index < -0.39 is 0 Å². The van der Waals surface area contributed by atoms with Crippen molar-refractivity contribution in [2.45, 2.75) is 39.2 Å². The molecule has 0 aromatic heterocycles. The molecular formula is C14H20N2O. The van der Waals surface area contributed by atoms with Gasteiger partial charge in [0.1, 0.15) is 0 Å². The average Bonchev–Trinajstić information content (AvgIpc) is 2.57. The maximum absolute atomic E-state index is 12.0. The molecule has 92 valence electrons. The number of amides is 1. The van der Waals surface area contributed by atoms with Crippen LogP contribution < -0.4 is 10.6 Å². The summed E-state index contributed by atoms with van der Waals surface area (Å²) < 4.78 is 0. The zero-order chi connectivity index (χ0) is 12.6. The number of hydrogen-bond acceptors (Lipinski definition) is 2. The van der Waals surface area contributed by atoms with Gasteiger partial charge in [-0.1, -0.05) is 32.0 Å². The second kappa shape index (κ2) is 4.49. The molecule has 3 nitrogen and oxygen atoms in total. The summed E-state index contributed by atoms with van der Waals surface area (Å²) in [7, 11) is 0. The van der Waals surface area contributed by atoms with Crippen LogP contribution in [0.2, 0.25) is 0 Å². The first-order chi connectivity index (χ1) is 8.00. The number of aryl methyl sites for hydroxylation is 1. The maximum Gasteiger partial charge on any atom is 0.228 e. The molecule has 0 saturated carbocycles. The Morgan fingerprint density at radius 2 is 2.12 bits per heavy atom. The summed E-state index contributed by atoms with van der Waals surface area (Å²) in [4.78, 5) is 13.8. The van der Waals surface area contributed by atoms with Gasteiger partial charge >= 0.3 is 0 Å². The monoisotopic (exact) mass is 232 g/mol. The second-order valence-electron chi connectivity index (χ2n) is 5.14. The van der Waals surface area contributed by atoms with Crippen molar-refractivity contribution in [3.8, 4) is 0 Å². The third-order valence-corrected chi connectivity index (χ3v) is 3.32. The third kappa shape index (κ3) is 2.20. The highest BCUT2D eigenvalue weighted by Crippen LogP contribution is 2.33. The van der Waals surface area contributed by atoms with Crippen molar-refractivity contribution >= 4 is 11.6 Å². The van der Waals surface area contributed by atoms with Crippen LogP contribution in [0.3, 0.4) is 0 Å². The van der Waals surface area contributed by atoms with E-state index in [0.717, 1.165) is 11.3 Å². The van der Waals surface area contributed by atoms with E-state index in [1.807, 2.05) is 4.90 Å². The van der Waals surface area contributed by atoms with Crippen molar-refractivity contribution in [2.24, 2.45) is 5.73 Å². The third-order valence-electron chi connectivity index (χ3n) is 3.32. The lowest BCUT2D eigenvalue weighted by Gasteiger charge is -2.24. The van der Waals surface area contributed by atoms with Gasteiger partial charge in [0.2, 0.25) is 5.91 Å². The Kier molecular flexibility index (Phi) is 3.20. The molecule has 1 fully saturated rings. The van der Waals surface area contributed by atoms with Crippen LogP contribution in [0.1, 0.15) is 37.3 Å². The lowest BCUT2D eigenvalue weighted by Crippen LogP contribution is -2.29. The maximum atomic E-state index is 12.0. The Morgan fingerprint density at radius 1 is 1.41 bits per heavy atom. The van der Waals surface area contributed by atoms with E-state index in [4.69, 9.17) is 5.73 Å². The SMILES string of the molecule is Cc1cccc(C(C)C)c1N1CC(N)CC1=O. The van der Waals surface area contributed by atoms with E-state index in [1.165, 1.54) is 5.56 Å². The quantitative estimate of drug-likeness (QED) is 0.849. The van der Waals surface area contributed by atoms with E-state index in [9.17, 15) is 4.79 Å². The lowest BCUT2D eigenvalue weighted by molar-refractivity contribution is -0.117. The van der Waals surface area contributed by atoms with Crippen LogP contribution in [-0.4, -0.2) is 18.5 Å². The number of benzene rings is 1. The molecule has 0 bridgehead atoms. The molecular weight excluding hydrogens is 212 g/mol. The summed E-state index contributed by atoms with van der Waals surface area (Å²) in [5.41, 5.74) is 9.32. The van der Waals surface area contributed by atoms with E-state index in [2.05, 4.69) is 39.0 Å². The van der Waals surface area contributed by atoms with Crippen LogP contribution in [-0.2, 0) is 4.79 Å². The number of para-hydroxylation sites is 1. The van der Waals surface area contributed by atoms with Gasteiger partial charge in [-0.15, -0.1) is 0 Å². The van der Waals surface area contributed by atoms with E-state index in [1.54, 1.807) is 0 Å². The molecule has 1 atom stereocenters. The van der Waals surface area contributed by atoms with Gasteiger partial charge in [-0.05, 0) is 24.0 Å². The molecule has 3 heteroatoms. The largest absolute Gasteiger partial charge is 0.326 e. The molecule has 1 heterocycles. The zero-order valence-corrected chi connectivity index (χ0v) is 10.7. The van der Waals surface area contributed by atoms with E-state index in [0.29, 0.717) is 18.9 Å². The Labute approximate surface area is 103 Å². The van der Waals surface area contributed by atoms with E-state index in [-0.39, 0.29) is 11.9 Å². The molecule has 0 radical (unpaired) electrons. The van der Waals surface area contributed by atoms with Gasteiger partial charge in [0, 0.05) is 19.0 Å². The molecule has 2 N–H and O–H groups in total. The molecule has 0 aliphatic carbocycles. The fraction of sp³-hybridized carbons (Fsp3) is 0.500. The predicted octanol–water partition coefficient (Wildman–Crippen LogP) is 2.18.